The highest BCUT2D eigenvalue weighted by Gasteiger charge is 2.23. The summed E-state index contributed by atoms with van der Waals surface area (Å²) in [5, 5.41) is 12.5. The normalized spacial score (nSPS) is 17.7. The van der Waals surface area contributed by atoms with Crippen LogP contribution < -0.4 is 5.32 Å². The quantitative estimate of drug-likeness (QED) is 0.868. The van der Waals surface area contributed by atoms with Crippen LogP contribution in [0.5, 0.6) is 0 Å². The van der Waals surface area contributed by atoms with Crippen LogP contribution in [0.25, 0.3) is 0 Å². The van der Waals surface area contributed by atoms with E-state index in [0.717, 1.165) is 37.7 Å². The van der Waals surface area contributed by atoms with Gasteiger partial charge in [-0.15, -0.1) is 0 Å². The van der Waals surface area contributed by atoms with Crippen molar-refractivity contribution in [2.75, 3.05) is 6.61 Å². The van der Waals surface area contributed by atoms with Crippen LogP contribution >= 0.6 is 0 Å². The molecule has 1 aliphatic rings. The highest BCUT2D eigenvalue weighted by molar-refractivity contribution is 5.79. The molecule has 1 aromatic rings. The summed E-state index contributed by atoms with van der Waals surface area (Å²) in [7, 11) is 0. The molecule has 2 rings (SSSR count). The summed E-state index contributed by atoms with van der Waals surface area (Å²) in [6, 6.07) is 7.84. The molecule has 20 heavy (non-hydrogen) atoms. The van der Waals surface area contributed by atoms with Crippen LogP contribution in [0.1, 0.15) is 56.2 Å². The first kappa shape index (κ1) is 15.0. The Hall–Kier alpha value is -1.35. The van der Waals surface area contributed by atoms with Gasteiger partial charge in [0.05, 0.1) is 12.6 Å². The maximum atomic E-state index is 12.2. The summed E-state index contributed by atoms with van der Waals surface area (Å²) in [6.45, 7) is 2.06. The molecule has 0 aliphatic heterocycles. The number of rotatable bonds is 5. The Kier molecular flexibility index (Phi) is 5.60. The van der Waals surface area contributed by atoms with E-state index in [1.165, 1.54) is 12.0 Å². The zero-order chi connectivity index (χ0) is 14.4. The topological polar surface area (TPSA) is 49.3 Å². The average molecular weight is 275 g/mol. The lowest BCUT2D eigenvalue weighted by atomic mass is 9.88. The SMILES string of the molecule is CCc1ccc(C(CO)NC(=O)C2CCCCC2)cc1. The minimum atomic E-state index is -0.282. The maximum absolute atomic E-state index is 12.2. The zero-order valence-corrected chi connectivity index (χ0v) is 12.3. The highest BCUT2D eigenvalue weighted by Crippen LogP contribution is 2.24. The van der Waals surface area contributed by atoms with Crippen LogP contribution in [0.2, 0.25) is 0 Å². The Morgan fingerprint density at radius 2 is 1.90 bits per heavy atom. The summed E-state index contributed by atoms with van der Waals surface area (Å²) >= 11 is 0. The third-order valence-corrected chi connectivity index (χ3v) is 4.27. The van der Waals surface area contributed by atoms with Crippen molar-refractivity contribution in [3.05, 3.63) is 35.4 Å². The molecule has 3 nitrogen and oxygen atoms in total. The number of aliphatic hydroxyl groups is 1. The van der Waals surface area contributed by atoms with E-state index in [4.69, 9.17) is 0 Å². The van der Waals surface area contributed by atoms with Crippen molar-refractivity contribution in [3.8, 4) is 0 Å². The Bertz CT molecular complexity index is 421. The molecule has 1 atom stereocenters. The molecule has 1 unspecified atom stereocenters. The summed E-state index contributed by atoms with van der Waals surface area (Å²) in [5.41, 5.74) is 2.25. The first-order valence-electron chi connectivity index (χ1n) is 7.74. The van der Waals surface area contributed by atoms with Crippen molar-refractivity contribution in [2.24, 2.45) is 5.92 Å². The van der Waals surface area contributed by atoms with Gasteiger partial charge in [-0.3, -0.25) is 4.79 Å². The number of hydrogen-bond acceptors (Lipinski definition) is 2. The van der Waals surface area contributed by atoms with E-state index in [1.54, 1.807) is 0 Å². The van der Waals surface area contributed by atoms with Gasteiger partial charge >= 0.3 is 0 Å². The smallest absolute Gasteiger partial charge is 0.223 e. The van der Waals surface area contributed by atoms with Gasteiger partial charge in [0.1, 0.15) is 0 Å². The highest BCUT2D eigenvalue weighted by atomic mass is 16.3. The molecule has 1 aromatic carbocycles. The first-order valence-corrected chi connectivity index (χ1v) is 7.74. The van der Waals surface area contributed by atoms with Gasteiger partial charge in [-0.2, -0.15) is 0 Å². The fraction of sp³-hybridized carbons (Fsp3) is 0.588. The molecule has 3 heteroatoms. The monoisotopic (exact) mass is 275 g/mol. The van der Waals surface area contributed by atoms with Gasteiger partial charge in [-0.25, -0.2) is 0 Å². The summed E-state index contributed by atoms with van der Waals surface area (Å²) < 4.78 is 0. The lowest BCUT2D eigenvalue weighted by Crippen LogP contribution is -2.36. The van der Waals surface area contributed by atoms with E-state index in [-0.39, 0.29) is 24.5 Å². The van der Waals surface area contributed by atoms with Crippen molar-refractivity contribution >= 4 is 5.91 Å². The van der Waals surface area contributed by atoms with Crippen molar-refractivity contribution in [3.63, 3.8) is 0 Å². The molecule has 1 aliphatic carbocycles. The molecular formula is C17H25NO2. The van der Waals surface area contributed by atoms with Crippen LogP contribution in [0, 0.1) is 5.92 Å². The second-order valence-corrected chi connectivity index (χ2v) is 5.67. The fourth-order valence-electron chi connectivity index (χ4n) is 2.87. The summed E-state index contributed by atoms with van der Waals surface area (Å²) in [4.78, 5) is 12.2. The third-order valence-electron chi connectivity index (χ3n) is 4.27. The van der Waals surface area contributed by atoms with Crippen LogP contribution in [0.4, 0.5) is 0 Å². The molecule has 1 amide bonds. The molecule has 110 valence electrons. The van der Waals surface area contributed by atoms with Gasteiger partial charge in [0, 0.05) is 5.92 Å². The van der Waals surface area contributed by atoms with Crippen LogP contribution in [-0.2, 0) is 11.2 Å². The molecule has 0 radical (unpaired) electrons. The van der Waals surface area contributed by atoms with Crippen LogP contribution in [0.3, 0.4) is 0 Å². The molecule has 0 spiro atoms. The van der Waals surface area contributed by atoms with E-state index in [2.05, 4.69) is 24.4 Å². The molecule has 1 saturated carbocycles. The van der Waals surface area contributed by atoms with E-state index in [0.29, 0.717) is 0 Å². The number of hydrogen-bond donors (Lipinski definition) is 2. The molecule has 0 saturated heterocycles. The standard InChI is InChI=1S/C17H25NO2/c1-2-13-8-10-14(11-9-13)16(12-19)18-17(20)15-6-4-3-5-7-15/h8-11,15-16,19H,2-7,12H2,1H3,(H,18,20). The number of aliphatic hydroxyl groups excluding tert-OH is 1. The Morgan fingerprint density at radius 3 is 2.45 bits per heavy atom. The van der Waals surface area contributed by atoms with Gasteiger partial charge < -0.3 is 10.4 Å². The number of carbonyl (C=O) groups is 1. The van der Waals surface area contributed by atoms with Gasteiger partial charge in [-0.05, 0) is 30.4 Å². The zero-order valence-electron chi connectivity index (χ0n) is 12.3. The van der Waals surface area contributed by atoms with Gasteiger partial charge in [0.2, 0.25) is 5.91 Å². The summed E-state index contributed by atoms with van der Waals surface area (Å²) in [5.74, 6) is 0.232. The Morgan fingerprint density at radius 1 is 1.25 bits per heavy atom. The molecule has 0 aromatic heterocycles. The van der Waals surface area contributed by atoms with Crippen molar-refractivity contribution in [2.45, 2.75) is 51.5 Å². The molecule has 0 heterocycles. The van der Waals surface area contributed by atoms with Crippen LogP contribution in [0.15, 0.2) is 24.3 Å². The van der Waals surface area contributed by atoms with E-state index in [1.807, 2.05) is 12.1 Å². The predicted molar refractivity (Wildman–Crippen MR) is 80.4 cm³/mol. The maximum Gasteiger partial charge on any atom is 0.223 e. The van der Waals surface area contributed by atoms with E-state index < -0.39 is 0 Å². The van der Waals surface area contributed by atoms with Gasteiger partial charge in [0.15, 0.2) is 0 Å². The van der Waals surface area contributed by atoms with E-state index >= 15 is 0 Å². The average Bonchev–Trinajstić information content (AvgIpc) is 2.53. The lowest BCUT2D eigenvalue weighted by Gasteiger charge is -2.24. The summed E-state index contributed by atoms with van der Waals surface area (Å²) in [6.07, 6.45) is 6.50. The number of nitrogens with one attached hydrogen (secondary N) is 1. The van der Waals surface area contributed by atoms with Gasteiger partial charge in [-0.1, -0.05) is 50.5 Å². The molecule has 0 bridgehead atoms. The fourth-order valence-corrected chi connectivity index (χ4v) is 2.87. The number of amides is 1. The second kappa shape index (κ2) is 7.44. The van der Waals surface area contributed by atoms with Crippen molar-refractivity contribution < 1.29 is 9.90 Å². The lowest BCUT2D eigenvalue weighted by molar-refractivity contribution is -0.127. The van der Waals surface area contributed by atoms with E-state index in [9.17, 15) is 9.90 Å². The van der Waals surface area contributed by atoms with Gasteiger partial charge in [0.25, 0.3) is 0 Å². The third kappa shape index (κ3) is 3.83. The Balaban J connectivity index is 1.98. The number of aryl methyl sites for hydroxylation is 1. The van der Waals surface area contributed by atoms with Crippen molar-refractivity contribution in [1.29, 1.82) is 0 Å². The largest absolute Gasteiger partial charge is 0.394 e. The minimum Gasteiger partial charge on any atom is -0.394 e. The first-order chi connectivity index (χ1) is 9.74. The van der Waals surface area contributed by atoms with Crippen LogP contribution in [-0.4, -0.2) is 17.6 Å². The Labute approximate surface area is 121 Å². The van der Waals surface area contributed by atoms with Crippen molar-refractivity contribution in [1.82, 2.24) is 5.32 Å². The molecular weight excluding hydrogens is 250 g/mol. The minimum absolute atomic E-state index is 0.0517. The second-order valence-electron chi connectivity index (χ2n) is 5.67. The number of carbonyl (C=O) groups excluding carboxylic acids is 1. The predicted octanol–water partition coefficient (Wildman–Crippen LogP) is 2.98. The molecule has 1 fully saturated rings. The number of benzene rings is 1. The molecule has 2 N–H and O–H groups in total.